The van der Waals surface area contributed by atoms with Crippen LogP contribution in [0.5, 0.6) is 0 Å². The number of thiophene rings is 1. The molecular formula is C10H11NO6S2. The van der Waals surface area contributed by atoms with Crippen molar-refractivity contribution in [3.05, 3.63) is 15.8 Å². The minimum absolute atomic E-state index is 0.153. The van der Waals surface area contributed by atoms with Crippen LogP contribution in [0.25, 0.3) is 0 Å². The number of ether oxygens (including phenoxy) is 1. The minimum Gasteiger partial charge on any atom is -0.477 e. The third-order valence-electron chi connectivity index (χ3n) is 2.61. The van der Waals surface area contributed by atoms with Gasteiger partial charge in [-0.2, -0.15) is 4.72 Å². The second-order valence-electron chi connectivity index (χ2n) is 4.01. The Morgan fingerprint density at radius 2 is 2.26 bits per heavy atom. The highest BCUT2D eigenvalue weighted by molar-refractivity contribution is 7.89. The van der Waals surface area contributed by atoms with Crippen LogP contribution in [0.1, 0.15) is 21.7 Å². The van der Waals surface area contributed by atoms with Crippen LogP contribution in [0, 0.1) is 6.92 Å². The third-order valence-corrected chi connectivity index (χ3v) is 5.49. The van der Waals surface area contributed by atoms with Crippen molar-refractivity contribution >= 4 is 33.3 Å². The average Bonchev–Trinajstić information content (AvgIpc) is 2.86. The second kappa shape index (κ2) is 4.91. The molecule has 0 bridgehead atoms. The predicted molar refractivity (Wildman–Crippen MR) is 65.7 cm³/mol. The van der Waals surface area contributed by atoms with Gasteiger partial charge < -0.3 is 9.84 Å². The number of esters is 1. The molecule has 0 aliphatic carbocycles. The molecule has 104 valence electrons. The van der Waals surface area contributed by atoms with E-state index in [4.69, 9.17) is 5.11 Å². The van der Waals surface area contributed by atoms with E-state index in [0.717, 1.165) is 11.3 Å². The topological polar surface area (TPSA) is 110 Å². The van der Waals surface area contributed by atoms with E-state index in [9.17, 15) is 18.0 Å². The fourth-order valence-electron chi connectivity index (χ4n) is 1.76. The number of rotatable bonds is 4. The molecule has 1 saturated heterocycles. The molecule has 1 atom stereocenters. The number of nitrogens with one attached hydrogen (secondary N) is 1. The number of hydrogen-bond acceptors (Lipinski definition) is 6. The first-order valence-corrected chi connectivity index (χ1v) is 7.69. The van der Waals surface area contributed by atoms with Gasteiger partial charge in [0.25, 0.3) is 0 Å². The van der Waals surface area contributed by atoms with E-state index >= 15 is 0 Å². The highest BCUT2D eigenvalue weighted by Crippen LogP contribution is 2.27. The Hall–Kier alpha value is -1.45. The highest BCUT2D eigenvalue weighted by atomic mass is 32.2. The maximum Gasteiger partial charge on any atom is 0.347 e. The van der Waals surface area contributed by atoms with Crippen molar-refractivity contribution in [3.63, 3.8) is 0 Å². The van der Waals surface area contributed by atoms with Crippen molar-refractivity contribution in [2.24, 2.45) is 0 Å². The molecule has 2 N–H and O–H groups in total. The lowest BCUT2D eigenvalue weighted by Crippen LogP contribution is -2.38. The second-order valence-corrected chi connectivity index (χ2v) is 6.54. The van der Waals surface area contributed by atoms with Gasteiger partial charge in [-0.3, -0.25) is 4.79 Å². The number of carboxylic acid groups (broad SMARTS) is 1. The first-order chi connectivity index (χ1) is 8.83. The molecule has 1 aliphatic heterocycles. The molecule has 1 aromatic heterocycles. The fourth-order valence-corrected chi connectivity index (χ4v) is 4.61. The quantitative estimate of drug-likeness (QED) is 0.777. The molecule has 2 rings (SSSR count). The van der Waals surface area contributed by atoms with Crippen molar-refractivity contribution in [3.8, 4) is 0 Å². The number of sulfonamides is 1. The average molecular weight is 305 g/mol. The number of cyclic esters (lactones) is 1. The molecule has 0 radical (unpaired) electrons. The van der Waals surface area contributed by atoms with Crippen molar-refractivity contribution < 1.29 is 27.9 Å². The first-order valence-electron chi connectivity index (χ1n) is 5.33. The van der Waals surface area contributed by atoms with Crippen molar-refractivity contribution in [2.45, 2.75) is 24.3 Å². The number of carboxylic acids is 1. The Morgan fingerprint density at radius 3 is 2.79 bits per heavy atom. The van der Waals surface area contributed by atoms with Crippen LogP contribution in [0.4, 0.5) is 0 Å². The van der Waals surface area contributed by atoms with Gasteiger partial charge in [0.15, 0.2) is 0 Å². The number of carbonyl (C=O) groups excluding carboxylic acids is 1. The summed E-state index contributed by atoms with van der Waals surface area (Å²) in [5.74, 6) is -1.96. The summed E-state index contributed by atoms with van der Waals surface area (Å²) < 4.78 is 31.2. The van der Waals surface area contributed by atoms with Gasteiger partial charge in [0.2, 0.25) is 10.0 Å². The third kappa shape index (κ3) is 2.62. The molecular weight excluding hydrogens is 294 g/mol. The number of aromatic carboxylic acids is 1. The zero-order valence-electron chi connectivity index (χ0n) is 9.87. The largest absolute Gasteiger partial charge is 0.477 e. The summed E-state index contributed by atoms with van der Waals surface area (Å²) in [4.78, 5) is 21.7. The number of aryl methyl sites for hydroxylation is 1. The normalized spacial score (nSPS) is 19.4. The van der Waals surface area contributed by atoms with E-state index in [0.29, 0.717) is 5.56 Å². The lowest BCUT2D eigenvalue weighted by atomic mass is 10.3. The van der Waals surface area contributed by atoms with Crippen molar-refractivity contribution in [1.29, 1.82) is 0 Å². The van der Waals surface area contributed by atoms with Gasteiger partial charge in [-0.1, -0.05) is 0 Å². The molecule has 2 heterocycles. The van der Waals surface area contributed by atoms with E-state index in [1.54, 1.807) is 0 Å². The van der Waals surface area contributed by atoms with Crippen molar-refractivity contribution in [2.75, 3.05) is 6.61 Å². The molecule has 0 saturated carbocycles. The first kappa shape index (κ1) is 14.0. The Bertz CT molecular complexity index is 632. The zero-order chi connectivity index (χ0) is 14.2. The Morgan fingerprint density at radius 1 is 1.58 bits per heavy atom. The van der Waals surface area contributed by atoms with E-state index in [2.05, 4.69) is 9.46 Å². The van der Waals surface area contributed by atoms with Crippen LogP contribution >= 0.6 is 11.3 Å². The molecule has 0 amide bonds. The summed E-state index contributed by atoms with van der Waals surface area (Å²) in [5, 5.41) is 10.4. The number of carbonyl (C=O) groups is 2. The Kier molecular flexibility index (Phi) is 3.61. The van der Waals surface area contributed by atoms with E-state index in [1.165, 1.54) is 12.3 Å². The molecule has 1 unspecified atom stereocenters. The number of hydrogen-bond donors (Lipinski definition) is 2. The molecule has 0 aromatic carbocycles. The van der Waals surface area contributed by atoms with Gasteiger partial charge in [0.1, 0.15) is 15.8 Å². The maximum atomic E-state index is 12.2. The van der Waals surface area contributed by atoms with E-state index in [-0.39, 0.29) is 22.8 Å². The highest BCUT2D eigenvalue weighted by Gasteiger charge is 2.34. The van der Waals surface area contributed by atoms with Crippen LogP contribution < -0.4 is 4.72 Å². The SMILES string of the molecule is Cc1csc(C(=O)O)c1S(=O)(=O)NC1CCOC1=O. The lowest BCUT2D eigenvalue weighted by Gasteiger charge is -2.10. The Balaban J connectivity index is 2.37. The van der Waals surface area contributed by atoms with Gasteiger partial charge in [0, 0.05) is 6.42 Å². The molecule has 1 fully saturated rings. The standard InChI is InChI=1S/C10H11NO6S2/c1-5-4-18-7(9(12)13)8(5)19(15,16)11-6-2-3-17-10(6)14/h4,6,11H,2-3H2,1H3,(H,12,13). The molecule has 19 heavy (non-hydrogen) atoms. The molecule has 1 aliphatic rings. The molecule has 0 spiro atoms. The van der Waals surface area contributed by atoms with Gasteiger partial charge in [-0.15, -0.1) is 11.3 Å². The van der Waals surface area contributed by atoms with Gasteiger partial charge in [-0.05, 0) is 17.9 Å². The zero-order valence-corrected chi connectivity index (χ0v) is 11.5. The summed E-state index contributed by atoms with van der Waals surface area (Å²) in [6.45, 7) is 1.66. The summed E-state index contributed by atoms with van der Waals surface area (Å²) in [6, 6.07) is -0.953. The van der Waals surface area contributed by atoms with Crippen LogP contribution in [-0.4, -0.2) is 38.1 Å². The fraction of sp³-hybridized carbons (Fsp3) is 0.400. The van der Waals surface area contributed by atoms with Gasteiger partial charge in [0.05, 0.1) is 6.61 Å². The molecule has 7 nitrogen and oxygen atoms in total. The van der Waals surface area contributed by atoms with Gasteiger partial charge >= 0.3 is 11.9 Å². The van der Waals surface area contributed by atoms with Crippen LogP contribution in [-0.2, 0) is 19.6 Å². The van der Waals surface area contributed by atoms with Crippen LogP contribution in [0.3, 0.4) is 0 Å². The summed E-state index contributed by atoms with van der Waals surface area (Å²) in [6.07, 6.45) is 0.240. The monoisotopic (exact) mass is 305 g/mol. The van der Waals surface area contributed by atoms with Crippen LogP contribution in [0.2, 0.25) is 0 Å². The predicted octanol–water partition coefficient (Wildman–Crippen LogP) is 0.349. The van der Waals surface area contributed by atoms with Gasteiger partial charge in [-0.25, -0.2) is 13.2 Å². The molecule has 9 heteroatoms. The smallest absolute Gasteiger partial charge is 0.347 e. The molecule has 1 aromatic rings. The van der Waals surface area contributed by atoms with Crippen molar-refractivity contribution in [1.82, 2.24) is 4.72 Å². The summed E-state index contributed by atoms with van der Waals surface area (Å²) in [5.41, 5.74) is 0.335. The Labute approximate surface area is 113 Å². The van der Waals surface area contributed by atoms with E-state index in [1.807, 2.05) is 0 Å². The lowest BCUT2D eigenvalue weighted by molar-refractivity contribution is -0.139. The summed E-state index contributed by atoms with van der Waals surface area (Å²) in [7, 11) is -4.06. The maximum absolute atomic E-state index is 12.2. The summed E-state index contributed by atoms with van der Waals surface area (Å²) >= 11 is 0.835. The minimum atomic E-state index is -4.06. The van der Waals surface area contributed by atoms with Crippen LogP contribution in [0.15, 0.2) is 10.3 Å². The van der Waals surface area contributed by atoms with E-state index < -0.39 is 28.0 Å².